The van der Waals surface area contributed by atoms with Crippen LogP contribution >= 0.6 is 0 Å². The molecular formula is C17H21N3O. The van der Waals surface area contributed by atoms with Gasteiger partial charge >= 0.3 is 0 Å². The Labute approximate surface area is 125 Å². The third-order valence-corrected chi connectivity index (χ3v) is 3.29. The first-order chi connectivity index (χ1) is 10.1. The first-order valence-corrected chi connectivity index (χ1v) is 7.10. The third-order valence-electron chi connectivity index (χ3n) is 3.29. The monoisotopic (exact) mass is 283 g/mol. The van der Waals surface area contributed by atoms with Crippen molar-refractivity contribution in [3.05, 3.63) is 59.4 Å². The smallest absolute Gasteiger partial charge is 0.244 e. The van der Waals surface area contributed by atoms with E-state index >= 15 is 0 Å². The number of hydrogen-bond donors (Lipinski definition) is 1. The molecule has 0 saturated heterocycles. The maximum absolute atomic E-state index is 12.1. The fraction of sp³-hybridized carbons (Fsp3) is 0.294. The van der Waals surface area contributed by atoms with Gasteiger partial charge in [-0.3, -0.25) is 9.48 Å². The highest BCUT2D eigenvalue weighted by Crippen LogP contribution is 2.10. The van der Waals surface area contributed by atoms with Gasteiger partial charge in [0.1, 0.15) is 6.04 Å². The Morgan fingerprint density at radius 2 is 2.05 bits per heavy atom. The van der Waals surface area contributed by atoms with E-state index < -0.39 is 0 Å². The van der Waals surface area contributed by atoms with Crippen molar-refractivity contribution in [2.24, 2.45) is 0 Å². The molecule has 0 saturated carbocycles. The van der Waals surface area contributed by atoms with E-state index in [9.17, 15) is 4.79 Å². The molecule has 0 aliphatic carbocycles. The minimum atomic E-state index is -0.302. The maximum atomic E-state index is 12.1. The number of aryl methyl sites for hydroxylation is 2. The molecule has 2 rings (SSSR count). The van der Waals surface area contributed by atoms with Gasteiger partial charge in [0.2, 0.25) is 5.91 Å². The number of nitrogens with zero attached hydrogens (tertiary/aromatic N) is 2. The van der Waals surface area contributed by atoms with Crippen LogP contribution in [0.2, 0.25) is 0 Å². The molecule has 110 valence electrons. The van der Waals surface area contributed by atoms with Crippen LogP contribution in [0.1, 0.15) is 29.9 Å². The standard InChI is InChI=1S/C17H21N3O/c1-13-12-14(2)20(19-13)15(3)17(21)18-11-7-10-16-8-5-4-6-9-16/h4-10,12,15H,11H2,1-3H3,(H,18,21)/b10-7+/t15-/m0/s1. The first-order valence-electron chi connectivity index (χ1n) is 7.10. The molecule has 2 aromatic rings. The second-order valence-electron chi connectivity index (χ2n) is 5.11. The van der Waals surface area contributed by atoms with E-state index in [1.54, 1.807) is 4.68 Å². The average molecular weight is 283 g/mol. The number of nitrogens with one attached hydrogen (secondary N) is 1. The number of hydrogen-bond acceptors (Lipinski definition) is 2. The predicted molar refractivity (Wildman–Crippen MR) is 84.9 cm³/mol. The molecule has 21 heavy (non-hydrogen) atoms. The molecular weight excluding hydrogens is 262 g/mol. The van der Waals surface area contributed by atoms with E-state index in [1.165, 1.54) is 0 Å². The number of carbonyl (C=O) groups excluding carboxylic acids is 1. The molecule has 0 fully saturated rings. The zero-order valence-electron chi connectivity index (χ0n) is 12.7. The van der Waals surface area contributed by atoms with Crippen molar-refractivity contribution in [1.29, 1.82) is 0 Å². The van der Waals surface area contributed by atoms with Gasteiger partial charge in [0.05, 0.1) is 5.69 Å². The van der Waals surface area contributed by atoms with Gasteiger partial charge in [-0.1, -0.05) is 42.5 Å². The fourth-order valence-electron chi connectivity index (χ4n) is 2.22. The van der Waals surface area contributed by atoms with Gasteiger partial charge < -0.3 is 5.32 Å². The maximum Gasteiger partial charge on any atom is 0.244 e. The van der Waals surface area contributed by atoms with E-state index in [0.717, 1.165) is 17.0 Å². The number of amides is 1. The minimum Gasteiger partial charge on any atom is -0.351 e. The number of rotatable bonds is 5. The first kappa shape index (κ1) is 15.0. The summed E-state index contributed by atoms with van der Waals surface area (Å²) in [7, 11) is 0. The van der Waals surface area contributed by atoms with Gasteiger partial charge in [-0.05, 0) is 32.4 Å². The topological polar surface area (TPSA) is 46.9 Å². The lowest BCUT2D eigenvalue weighted by molar-refractivity contribution is -0.123. The Bertz CT molecular complexity index is 629. The van der Waals surface area contributed by atoms with E-state index in [-0.39, 0.29) is 11.9 Å². The van der Waals surface area contributed by atoms with Crippen molar-refractivity contribution in [2.45, 2.75) is 26.8 Å². The second kappa shape index (κ2) is 6.88. The molecule has 1 N–H and O–H groups in total. The predicted octanol–water partition coefficient (Wildman–Crippen LogP) is 2.89. The summed E-state index contributed by atoms with van der Waals surface area (Å²) in [6.45, 7) is 6.25. The number of benzene rings is 1. The molecule has 1 atom stereocenters. The van der Waals surface area contributed by atoms with Gasteiger partial charge in [-0.2, -0.15) is 5.10 Å². The summed E-state index contributed by atoms with van der Waals surface area (Å²) < 4.78 is 1.76. The molecule has 0 unspecified atom stereocenters. The lowest BCUT2D eigenvalue weighted by atomic mass is 10.2. The summed E-state index contributed by atoms with van der Waals surface area (Å²) >= 11 is 0. The summed E-state index contributed by atoms with van der Waals surface area (Å²) in [5, 5.41) is 7.25. The zero-order valence-corrected chi connectivity index (χ0v) is 12.7. The molecule has 1 aromatic heterocycles. The van der Waals surface area contributed by atoms with Gasteiger partial charge in [0.15, 0.2) is 0 Å². The Kier molecular flexibility index (Phi) is 4.93. The van der Waals surface area contributed by atoms with Crippen LogP contribution in [0.4, 0.5) is 0 Å². The second-order valence-corrected chi connectivity index (χ2v) is 5.11. The van der Waals surface area contributed by atoms with E-state index in [4.69, 9.17) is 0 Å². The zero-order chi connectivity index (χ0) is 15.2. The molecule has 0 aliphatic heterocycles. The molecule has 4 heteroatoms. The Morgan fingerprint density at radius 1 is 1.33 bits per heavy atom. The van der Waals surface area contributed by atoms with Gasteiger partial charge in [-0.25, -0.2) is 0 Å². The molecule has 0 bridgehead atoms. The summed E-state index contributed by atoms with van der Waals surface area (Å²) in [4.78, 5) is 12.1. The van der Waals surface area contributed by atoms with Crippen LogP contribution in [0.25, 0.3) is 6.08 Å². The van der Waals surface area contributed by atoms with Crippen molar-refractivity contribution < 1.29 is 4.79 Å². The molecule has 1 aromatic carbocycles. The van der Waals surface area contributed by atoms with Crippen LogP contribution < -0.4 is 5.32 Å². The molecule has 0 radical (unpaired) electrons. The van der Waals surface area contributed by atoms with Crippen LogP contribution in [-0.4, -0.2) is 22.2 Å². The lowest BCUT2D eigenvalue weighted by Crippen LogP contribution is -2.32. The average Bonchev–Trinajstić information content (AvgIpc) is 2.82. The largest absolute Gasteiger partial charge is 0.351 e. The summed E-state index contributed by atoms with van der Waals surface area (Å²) in [6.07, 6.45) is 3.94. The van der Waals surface area contributed by atoms with Crippen molar-refractivity contribution >= 4 is 12.0 Å². The minimum absolute atomic E-state index is 0.0288. The van der Waals surface area contributed by atoms with Crippen molar-refractivity contribution in [1.82, 2.24) is 15.1 Å². The third kappa shape index (κ3) is 4.05. The van der Waals surface area contributed by atoms with Crippen LogP contribution in [0.15, 0.2) is 42.5 Å². The highest BCUT2D eigenvalue weighted by atomic mass is 16.2. The summed E-state index contributed by atoms with van der Waals surface area (Å²) in [5.74, 6) is -0.0288. The highest BCUT2D eigenvalue weighted by molar-refractivity contribution is 5.80. The highest BCUT2D eigenvalue weighted by Gasteiger charge is 2.16. The van der Waals surface area contributed by atoms with Crippen LogP contribution in [0.5, 0.6) is 0 Å². The number of carbonyl (C=O) groups is 1. The van der Waals surface area contributed by atoms with Gasteiger partial charge in [0.25, 0.3) is 0 Å². The molecule has 1 amide bonds. The van der Waals surface area contributed by atoms with Crippen molar-refractivity contribution in [3.63, 3.8) is 0 Å². The molecule has 1 heterocycles. The number of aromatic nitrogens is 2. The Hall–Kier alpha value is -2.36. The fourth-order valence-corrected chi connectivity index (χ4v) is 2.22. The Morgan fingerprint density at radius 3 is 2.67 bits per heavy atom. The molecule has 4 nitrogen and oxygen atoms in total. The van der Waals surface area contributed by atoms with Crippen LogP contribution in [-0.2, 0) is 4.79 Å². The summed E-state index contributed by atoms with van der Waals surface area (Å²) in [5.41, 5.74) is 3.05. The van der Waals surface area contributed by atoms with Crippen LogP contribution in [0.3, 0.4) is 0 Å². The normalized spacial score (nSPS) is 12.5. The molecule has 0 spiro atoms. The molecule has 0 aliphatic rings. The van der Waals surface area contributed by atoms with Gasteiger partial charge in [0, 0.05) is 12.2 Å². The Balaban J connectivity index is 1.87. The van der Waals surface area contributed by atoms with Crippen molar-refractivity contribution in [3.8, 4) is 0 Å². The van der Waals surface area contributed by atoms with Gasteiger partial charge in [-0.15, -0.1) is 0 Å². The van der Waals surface area contributed by atoms with E-state index in [2.05, 4.69) is 10.4 Å². The van der Waals surface area contributed by atoms with E-state index in [1.807, 2.05) is 69.3 Å². The van der Waals surface area contributed by atoms with Crippen LogP contribution in [0, 0.1) is 13.8 Å². The summed E-state index contributed by atoms with van der Waals surface area (Å²) in [6, 6.07) is 11.7. The van der Waals surface area contributed by atoms with Crippen molar-refractivity contribution in [2.75, 3.05) is 6.54 Å². The SMILES string of the molecule is Cc1cc(C)n([C@@H](C)C(=O)NC/C=C/c2ccccc2)n1. The van der Waals surface area contributed by atoms with E-state index in [0.29, 0.717) is 6.54 Å². The lowest BCUT2D eigenvalue weighted by Gasteiger charge is -2.13. The quantitative estimate of drug-likeness (QED) is 0.917.